The van der Waals surface area contributed by atoms with Crippen LogP contribution < -0.4 is 5.32 Å². The van der Waals surface area contributed by atoms with Crippen LogP contribution in [0.1, 0.15) is 26.8 Å². The molecule has 0 aliphatic carbocycles. The summed E-state index contributed by atoms with van der Waals surface area (Å²) in [5.74, 6) is -0.987. The Bertz CT molecular complexity index is 645. The van der Waals surface area contributed by atoms with Crippen LogP contribution >= 0.6 is 0 Å². The zero-order chi connectivity index (χ0) is 15.6. The largest absolute Gasteiger partial charge is 0.479 e. The fourth-order valence-electron chi connectivity index (χ4n) is 1.66. The molecule has 0 fully saturated rings. The number of hydrogen-bond donors (Lipinski definition) is 2. The molecule has 8 heteroatoms. The molecule has 21 heavy (non-hydrogen) atoms. The first-order chi connectivity index (χ1) is 9.82. The van der Waals surface area contributed by atoms with Crippen LogP contribution in [-0.4, -0.2) is 36.5 Å². The quantitative estimate of drug-likeness (QED) is 0.858. The van der Waals surface area contributed by atoms with E-state index in [1.165, 1.54) is 29.4 Å². The first-order valence-corrected chi connectivity index (χ1v) is 6.42. The van der Waals surface area contributed by atoms with Gasteiger partial charge in [-0.2, -0.15) is 10.2 Å². The summed E-state index contributed by atoms with van der Waals surface area (Å²) in [6, 6.07) is 2.80. The molecule has 2 aromatic rings. The predicted octanol–water partition coefficient (Wildman–Crippen LogP) is 1.10. The van der Waals surface area contributed by atoms with Gasteiger partial charge in [0.25, 0.3) is 0 Å². The second-order valence-electron chi connectivity index (χ2n) is 5.16. The van der Waals surface area contributed by atoms with Crippen molar-refractivity contribution in [1.82, 2.24) is 19.6 Å². The third-order valence-electron chi connectivity index (χ3n) is 3.24. The first-order valence-electron chi connectivity index (χ1n) is 6.42. The Kier molecular flexibility index (Phi) is 3.79. The van der Waals surface area contributed by atoms with E-state index < -0.39 is 17.6 Å². The van der Waals surface area contributed by atoms with Crippen molar-refractivity contribution in [3.63, 3.8) is 0 Å². The Morgan fingerprint density at radius 3 is 2.67 bits per heavy atom. The second kappa shape index (κ2) is 5.39. The summed E-state index contributed by atoms with van der Waals surface area (Å²) in [6.07, 6.45) is 4.80. The van der Waals surface area contributed by atoms with E-state index in [1.54, 1.807) is 31.5 Å². The lowest BCUT2D eigenvalue weighted by atomic mass is 10.1. The summed E-state index contributed by atoms with van der Waals surface area (Å²) >= 11 is 0. The molecule has 2 heterocycles. The Balaban J connectivity index is 2.09. The zero-order valence-electron chi connectivity index (χ0n) is 12.0. The van der Waals surface area contributed by atoms with E-state index in [0.29, 0.717) is 5.82 Å². The number of aromatic nitrogens is 4. The molecule has 0 bridgehead atoms. The molecule has 1 unspecified atom stereocenters. The molecule has 0 aliphatic heterocycles. The highest BCUT2D eigenvalue weighted by molar-refractivity contribution is 5.92. The van der Waals surface area contributed by atoms with Gasteiger partial charge in [-0.25, -0.2) is 4.79 Å². The number of carbonyl (C=O) groups is 2. The van der Waals surface area contributed by atoms with Gasteiger partial charge in [-0.3, -0.25) is 14.2 Å². The molecule has 112 valence electrons. The van der Waals surface area contributed by atoms with Gasteiger partial charge in [-0.15, -0.1) is 0 Å². The summed E-state index contributed by atoms with van der Waals surface area (Å²) in [6.45, 7) is 4.76. The average molecular weight is 291 g/mol. The van der Waals surface area contributed by atoms with Crippen molar-refractivity contribution in [3.8, 4) is 0 Å². The Hall–Kier alpha value is -2.64. The number of carbonyl (C=O) groups excluding carboxylic acids is 1. The molecular weight excluding hydrogens is 274 g/mol. The molecule has 0 aromatic carbocycles. The van der Waals surface area contributed by atoms with E-state index in [1.807, 2.05) is 0 Å². The van der Waals surface area contributed by atoms with Crippen molar-refractivity contribution in [2.24, 2.45) is 0 Å². The van der Waals surface area contributed by atoms with E-state index in [9.17, 15) is 9.59 Å². The van der Waals surface area contributed by atoms with Crippen molar-refractivity contribution in [2.45, 2.75) is 32.4 Å². The van der Waals surface area contributed by atoms with Crippen LogP contribution in [0.5, 0.6) is 0 Å². The lowest BCUT2D eigenvalue weighted by molar-refractivity contribution is -0.146. The van der Waals surface area contributed by atoms with Crippen LogP contribution in [0.4, 0.5) is 5.82 Å². The number of rotatable bonds is 5. The Morgan fingerprint density at radius 1 is 1.38 bits per heavy atom. The highest BCUT2D eigenvalue weighted by atomic mass is 16.4. The second-order valence-corrected chi connectivity index (χ2v) is 5.16. The van der Waals surface area contributed by atoms with Crippen molar-refractivity contribution in [3.05, 3.63) is 30.7 Å². The van der Waals surface area contributed by atoms with Gasteiger partial charge < -0.3 is 10.4 Å². The standard InChI is InChI=1S/C13H17N5O3/c1-9(17-7-4-6-14-17)11(19)15-10-5-8-18(16-10)13(2,3)12(20)21/h4-9H,1-3H3,(H,20,21)(H,15,16,19). The molecule has 0 saturated carbocycles. The topological polar surface area (TPSA) is 102 Å². The summed E-state index contributed by atoms with van der Waals surface area (Å²) in [5, 5.41) is 19.9. The minimum Gasteiger partial charge on any atom is -0.479 e. The maximum Gasteiger partial charge on any atom is 0.331 e. The monoisotopic (exact) mass is 291 g/mol. The fraction of sp³-hybridized carbons (Fsp3) is 0.385. The van der Waals surface area contributed by atoms with Crippen LogP contribution in [0.25, 0.3) is 0 Å². The van der Waals surface area contributed by atoms with Gasteiger partial charge in [0.15, 0.2) is 11.4 Å². The lowest BCUT2D eigenvalue weighted by Gasteiger charge is -2.19. The van der Waals surface area contributed by atoms with Gasteiger partial charge >= 0.3 is 5.97 Å². The summed E-state index contributed by atoms with van der Waals surface area (Å²) < 4.78 is 2.82. The number of hydrogen-bond acceptors (Lipinski definition) is 4. The van der Waals surface area contributed by atoms with E-state index in [0.717, 1.165) is 0 Å². The number of carboxylic acid groups (broad SMARTS) is 1. The molecule has 8 nitrogen and oxygen atoms in total. The maximum atomic E-state index is 12.1. The van der Waals surface area contributed by atoms with E-state index in [2.05, 4.69) is 15.5 Å². The molecule has 0 aliphatic rings. The highest BCUT2D eigenvalue weighted by Gasteiger charge is 2.30. The molecule has 2 N–H and O–H groups in total. The van der Waals surface area contributed by atoms with Crippen LogP contribution in [0.15, 0.2) is 30.7 Å². The maximum absolute atomic E-state index is 12.1. The first kappa shape index (κ1) is 14.8. The normalized spacial score (nSPS) is 12.9. The van der Waals surface area contributed by atoms with Gasteiger partial charge in [0.2, 0.25) is 5.91 Å². The molecular formula is C13H17N5O3. The van der Waals surface area contributed by atoms with E-state index >= 15 is 0 Å². The summed E-state index contributed by atoms with van der Waals surface area (Å²) in [5.41, 5.74) is -1.18. The lowest BCUT2D eigenvalue weighted by Crippen LogP contribution is -2.36. The van der Waals surface area contributed by atoms with E-state index in [-0.39, 0.29) is 5.91 Å². The van der Waals surface area contributed by atoms with Crippen LogP contribution in [-0.2, 0) is 15.1 Å². The van der Waals surface area contributed by atoms with Crippen LogP contribution in [0.3, 0.4) is 0 Å². The number of anilines is 1. The Morgan fingerprint density at radius 2 is 2.10 bits per heavy atom. The molecule has 2 aromatic heterocycles. The van der Waals surface area contributed by atoms with Crippen molar-refractivity contribution >= 4 is 17.7 Å². The van der Waals surface area contributed by atoms with Gasteiger partial charge in [-0.1, -0.05) is 0 Å². The number of aliphatic carboxylic acids is 1. The molecule has 1 amide bonds. The molecule has 1 atom stereocenters. The smallest absolute Gasteiger partial charge is 0.331 e. The SMILES string of the molecule is CC(C(=O)Nc1ccn(C(C)(C)C(=O)O)n1)n1cccn1. The molecule has 0 saturated heterocycles. The third-order valence-corrected chi connectivity index (χ3v) is 3.24. The van der Waals surface area contributed by atoms with Crippen LogP contribution in [0, 0.1) is 0 Å². The number of nitrogens with zero attached hydrogens (tertiary/aromatic N) is 4. The van der Waals surface area contributed by atoms with Gasteiger partial charge in [0, 0.05) is 24.7 Å². The number of amides is 1. The number of carboxylic acids is 1. The minimum atomic E-state index is -1.18. The van der Waals surface area contributed by atoms with Crippen molar-refractivity contribution < 1.29 is 14.7 Å². The molecule has 0 radical (unpaired) electrons. The third kappa shape index (κ3) is 2.93. The fourth-order valence-corrected chi connectivity index (χ4v) is 1.66. The molecule has 2 rings (SSSR count). The minimum absolute atomic E-state index is 0.280. The number of nitrogens with one attached hydrogen (secondary N) is 1. The van der Waals surface area contributed by atoms with Gasteiger partial charge in [-0.05, 0) is 26.8 Å². The van der Waals surface area contributed by atoms with Crippen molar-refractivity contribution in [2.75, 3.05) is 5.32 Å². The summed E-state index contributed by atoms with van der Waals surface area (Å²) in [4.78, 5) is 23.2. The van der Waals surface area contributed by atoms with Crippen molar-refractivity contribution in [1.29, 1.82) is 0 Å². The molecule has 0 spiro atoms. The van der Waals surface area contributed by atoms with Crippen LogP contribution in [0.2, 0.25) is 0 Å². The summed E-state index contributed by atoms with van der Waals surface area (Å²) in [7, 11) is 0. The highest BCUT2D eigenvalue weighted by Crippen LogP contribution is 2.17. The predicted molar refractivity (Wildman–Crippen MR) is 74.8 cm³/mol. The van der Waals surface area contributed by atoms with Gasteiger partial charge in [0.05, 0.1) is 0 Å². The Labute approximate surface area is 121 Å². The van der Waals surface area contributed by atoms with Gasteiger partial charge in [0.1, 0.15) is 6.04 Å². The average Bonchev–Trinajstić information content (AvgIpc) is 3.08. The van der Waals surface area contributed by atoms with E-state index in [4.69, 9.17) is 5.11 Å². The zero-order valence-corrected chi connectivity index (χ0v) is 12.0.